The van der Waals surface area contributed by atoms with Gasteiger partial charge in [0.1, 0.15) is 11.6 Å². The number of halogens is 3. The van der Waals surface area contributed by atoms with E-state index in [0.29, 0.717) is 11.4 Å². The van der Waals surface area contributed by atoms with Crippen LogP contribution < -0.4 is 10.5 Å². The molecular formula is C11H10F3N3O. The summed E-state index contributed by atoms with van der Waals surface area (Å²) < 4.78 is 43.4. The summed E-state index contributed by atoms with van der Waals surface area (Å²) in [6.07, 6.45) is -4.51. The van der Waals surface area contributed by atoms with E-state index < -0.39 is 11.9 Å². The zero-order valence-electron chi connectivity index (χ0n) is 9.40. The van der Waals surface area contributed by atoms with Gasteiger partial charge in [-0.2, -0.15) is 18.3 Å². The van der Waals surface area contributed by atoms with Crippen molar-refractivity contribution in [3.63, 3.8) is 0 Å². The van der Waals surface area contributed by atoms with Gasteiger partial charge in [-0.05, 0) is 24.3 Å². The first kappa shape index (κ1) is 12.3. The number of hydrogen-bond donors (Lipinski definition) is 1. The quantitative estimate of drug-likeness (QED) is 0.899. The predicted octanol–water partition coefficient (Wildman–Crippen LogP) is 2.48. The Morgan fingerprint density at radius 2 is 1.83 bits per heavy atom. The molecule has 2 rings (SSSR count). The van der Waals surface area contributed by atoms with Crippen LogP contribution in [0, 0.1) is 0 Å². The first-order valence-electron chi connectivity index (χ1n) is 4.99. The van der Waals surface area contributed by atoms with E-state index >= 15 is 0 Å². The summed E-state index contributed by atoms with van der Waals surface area (Å²) in [4.78, 5) is 0. The third kappa shape index (κ3) is 2.24. The van der Waals surface area contributed by atoms with Crippen LogP contribution in [0.2, 0.25) is 0 Å². The molecule has 0 fully saturated rings. The Labute approximate surface area is 101 Å². The Kier molecular flexibility index (Phi) is 2.90. The average Bonchev–Trinajstić information content (AvgIpc) is 2.71. The molecule has 0 aliphatic carbocycles. The molecule has 0 radical (unpaired) electrons. The maximum Gasteiger partial charge on any atom is 0.435 e. The molecule has 7 heteroatoms. The standard InChI is InChI=1S/C11H10F3N3O/c1-18-8-4-2-7(3-5-8)17-10(15)6-9(16-17)11(12,13)14/h2-6H,15H2,1H3. The van der Waals surface area contributed by atoms with Gasteiger partial charge in [-0.3, -0.25) is 0 Å². The molecule has 1 aromatic carbocycles. The van der Waals surface area contributed by atoms with Gasteiger partial charge >= 0.3 is 6.18 Å². The SMILES string of the molecule is COc1ccc(-n2nc(C(F)(F)F)cc2N)cc1. The topological polar surface area (TPSA) is 53.1 Å². The van der Waals surface area contributed by atoms with Gasteiger partial charge in [-0.15, -0.1) is 0 Å². The second-order valence-electron chi connectivity index (χ2n) is 3.56. The van der Waals surface area contributed by atoms with Gasteiger partial charge in [0.05, 0.1) is 12.8 Å². The van der Waals surface area contributed by atoms with Crippen LogP contribution in [-0.2, 0) is 6.18 Å². The van der Waals surface area contributed by atoms with Crippen molar-refractivity contribution in [2.45, 2.75) is 6.18 Å². The summed E-state index contributed by atoms with van der Waals surface area (Å²) in [6.45, 7) is 0. The number of anilines is 1. The van der Waals surface area contributed by atoms with Crippen molar-refractivity contribution in [3.05, 3.63) is 36.0 Å². The fourth-order valence-corrected chi connectivity index (χ4v) is 1.46. The fraction of sp³-hybridized carbons (Fsp3) is 0.182. The summed E-state index contributed by atoms with van der Waals surface area (Å²) in [6, 6.07) is 7.17. The molecule has 2 aromatic rings. The molecule has 96 valence electrons. The molecule has 0 unspecified atom stereocenters. The highest BCUT2D eigenvalue weighted by molar-refractivity contribution is 5.45. The summed E-state index contributed by atoms with van der Waals surface area (Å²) in [5.41, 5.74) is 4.93. The Morgan fingerprint density at radius 3 is 2.28 bits per heavy atom. The number of methoxy groups -OCH3 is 1. The second-order valence-corrected chi connectivity index (χ2v) is 3.56. The van der Waals surface area contributed by atoms with Crippen LogP contribution in [0.1, 0.15) is 5.69 Å². The van der Waals surface area contributed by atoms with E-state index in [0.717, 1.165) is 10.7 Å². The molecule has 0 saturated carbocycles. The van der Waals surface area contributed by atoms with E-state index in [1.165, 1.54) is 7.11 Å². The number of benzene rings is 1. The lowest BCUT2D eigenvalue weighted by Crippen LogP contribution is -2.07. The van der Waals surface area contributed by atoms with E-state index in [9.17, 15) is 13.2 Å². The molecule has 4 nitrogen and oxygen atoms in total. The van der Waals surface area contributed by atoms with E-state index in [1.807, 2.05) is 0 Å². The van der Waals surface area contributed by atoms with Gasteiger partial charge in [0.2, 0.25) is 0 Å². The lowest BCUT2D eigenvalue weighted by Gasteiger charge is -2.05. The van der Waals surface area contributed by atoms with Gasteiger partial charge in [-0.1, -0.05) is 0 Å². The maximum absolute atomic E-state index is 12.5. The van der Waals surface area contributed by atoms with Crippen molar-refractivity contribution >= 4 is 5.82 Å². The molecule has 2 N–H and O–H groups in total. The smallest absolute Gasteiger partial charge is 0.435 e. The number of nitrogen functional groups attached to an aromatic ring is 1. The average molecular weight is 257 g/mol. The molecule has 0 saturated heterocycles. The number of alkyl halides is 3. The van der Waals surface area contributed by atoms with Gasteiger partial charge in [0.15, 0.2) is 5.69 Å². The largest absolute Gasteiger partial charge is 0.497 e. The van der Waals surface area contributed by atoms with Crippen molar-refractivity contribution in [1.29, 1.82) is 0 Å². The van der Waals surface area contributed by atoms with Gasteiger partial charge in [-0.25, -0.2) is 4.68 Å². The van der Waals surface area contributed by atoms with Crippen LogP contribution >= 0.6 is 0 Å². The minimum absolute atomic E-state index is 0.0764. The molecular weight excluding hydrogens is 247 g/mol. The number of nitrogens with two attached hydrogens (primary N) is 1. The van der Waals surface area contributed by atoms with Crippen molar-refractivity contribution in [1.82, 2.24) is 9.78 Å². The van der Waals surface area contributed by atoms with Crippen LogP contribution in [0.4, 0.5) is 19.0 Å². The first-order valence-corrected chi connectivity index (χ1v) is 4.99. The van der Waals surface area contributed by atoms with E-state index in [-0.39, 0.29) is 5.82 Å². The highest BCUT2D eigenvalue weighted by Crippen LogP contribution is 2.30. The number of ether oxygens (including phenoxy) is 1. The Hall–Kier alpha value is -2.18. The van der Waals surface area contributed by atoms with Crippen LogP contribution in [0.25, 0.3) is 5.69 Å². The summed E-state index contributed by atoms with van der Waals surface area (Å²) in [5, 5.41) is 3.43. The van der Waals surface area contributed by atoms with Crippen molar-refractivity contribution in [2.24, 2.45) is 0 Å². The molecule has 0 aliphatic heterocycles. The van der Waals surface area contributed by atoms with Crippen LogP contribution in [0.15, 0.2) is 30.3 Å². The third-order valence-corrected chi connectivity index (χ3v) is 2.34. The van der Waals surface area contributed by atoms with E-state index in [1.54, 1.807) is 24.3 Å². The third-order valence-electron chi connectivity index (χ3n) is 2.34. The van der Waals surface area contributed by atoms with Crippen LogP contribution in [-0.4, -0.2) is 16.9 Å². The first-order chi connectivity index (χ1) is 8.41. The number of hydrogen-bond acceptors (Lipinski definition) is 3. The van der Waals surface area contributed by atoms with Crippen molar-refractivity contribution < 1.29 is 17.9 Å². The minimum atomic E-state index is -4.51. The van der Waals surface area contributed by atoms with Crippen molar-refractivity contribution in [3.8, 4) is 11.4 Å². The lowest BCUT2D eigenvalue weighted by atomic mass is 10.3. The summed E-state index contributed by atoms with van der Waals surface area (Å²) >= 11 is 0. The maximum atomic E-state index is 12.5. The minimum Gasteiger partial charge on any atom is -0.497 e. The summed E-state index contributed by atoms with van der Waals surface area (Å²) in [5.74, 6) is 0.521. The van der Waals surface area contributed by atoms with Crippen molar-refractivity contribution in [2.75, 3.05) is 12.8 Å². The lowest BCUT2D eigenvalue weighted by molar-refractivity contribution is -0.141. The number of aromatic nitrogens is 2. The van der Waals surface area contributed by atoms with Gasteiger partial charge < -0.3 is 10.5 Å². The van der Waals surface area contributed by atoms with E-state index in [2.05, 4.69) is 5.10 Å². The molecule has 0 spiro atoms. The number of nitrogens with zero attached hydrogens (tertiary/aromatic N) is 2. The molecule has 0 bridgehead atoms. The second kappa shape index (κ2) is 4.25. The zero-order chi connectivity index (χ0) is 13.3. The normalized spacial score (nSPS) is 11.6. The fourth-order valence-electron chi connectivity index (χ4n) is 1.46. The molecule has 1 aromatic heterocycles. The van der Waals surface area contributed by atoms with E-state index in [4.69, 9.17) is 10.5 Å². The molecule has 18 heavy (non-hydrogen) atoms. The Morgan fingerprint density at radius 1 is 1.22 bits per heavy atom. The highest BCUT2D eigenvalue weighted by atomic mass is 19.4. The molecule has 1 heterocycles. The predicted molar refractivity (Wildman–Crippen MR) is 59.5 cm³/mol. The van der Waals surface area contributed by atoms with Gasteiger partial charge in [0.25, 0.3) is 0 Å². The Bertz CT molecular complexity index is 546. The monoisotopic (exact) mass is 257 g/mol. The molecule has 0 atom stereocenters. The van der Waals surface area contributed by atoms with Gasteiger partial charge in [0, 0.05) is 6.07 Å². The Balaban J connectivity index is 2.41. The van der Waals surface area contributed by atoms with Crippen LogP contribution in [0.3, 0.4) is 0 Å². The highest BCUT2D eigenvalue weighted by Gasteiger charge is 2.34. The molecule has 0 amide bonds. The van der Waals surface area contributed by atoms with Crippen LogP contribution in [0.5, 0.6) is 5.75 Å². The summed E-state index contributed by atoms with van der Waals surface area (Å²) in [7, 11) is 1.50. The molecule has 0 aliphatic rings. The number of rotatable bonds is 2. The zero-order valence-corrected chi connectivity index (χ0v) is 9.40.